The smallest absolute Gasteiger partial charge is 0.196 e. The molecule has 3 N–H and O–H groups in total. The molecule has 1 aromatic carbocycles. The maximum absolute atomic E-state index is 12.0. The van der Waals surface area contributed by atoms with E-state index in [0.29, 0.717) is 16.8 Å². The Morgan fingerprint density at radius 2 is 1.93 bits per heavy atom. The van der Waals surface area contributed by atoms with E-state index in [-0.39, 0.29) is 5.78 Å². The van der Waals surface area contributed by atoms with Crippen LogP contribution in [0.3, 0.4) is 0 Å². The van der Waals surface area contributed by atoms with Gasteiger partial charge in [0, 0.05) is 17.5 Å². The first kappa shape index (κ1) is 9.52. The van der Waals surface area contributed by atoms with Crippen molar-refractivity contribution in [2.75, 3.05) is 5.73 Å². The van der Waals surface area contributed by atoms with Crippen molar-refractivity contribution < 1.29 is 4.79 Å². The lowest BCUT2D eigenvalue weighted by Gasteiger charge is -2.01. The second kappa shape index (κ2) is 3.61. The standard InChI is InChI=1S/C12H12N2O/c1-8-11(10(13)7-14-8)12(15)9-5-3-2-4-6-9/h2-7,14H,13H2,1H3. The summed E-state index contributed by atoms with van der Waals surface area (Å²) in [5, 5.41) is 0. The van der Waals surface area contributed by atoms with Crippen molar-refractivity contribution >= 4 is 11.5 Å². The highest BCUT2D eigenvalue weighted by Gasteiger charge is 2.15. The molecule has 0 bridgehead atoms. The summed E-state index contributed by atoms with van der Waals surface area (Å²) >= 11 is 0. The maximum atomic E-state index is 12.0. The molecule has 0 saturated carbocycles. The molecule has 1 heterocycles. The topological polar surface area (TPSA) is 58.9 Å². The van der Waals surface area contributed by atoms with E-state index in [2.05, 4.69) is 4.98 Å². The quantitative estimate of drug-likeness (QED) is 0.729. The number of aryl methyl sites for hydroxylation is 1. The van der Waals surface area contributed by atoms with Crippen LogP contribution in [-0.4, -0.2) is 10.8 Å². The number of carbonyl (C=O) groups is 1. The predicted molar refractivity (Wildman–Crippen MR) is 59.8 cm³/mol. The van der Waals surface area contributed by atoms with Gasteiger partial charge in [-0.15, -0.1) is 0 Å². The Morgan fingerprint density at radius 3 is 2.47 bits per heavy atom. The fraction of sp³-hybridized carbons (Fsp3) is 0.0833. The molecule has 1 aromatic heterocycles. The fourth-order valence-corrected chi connectivity index (χ4v) is 1.58. The maximum Gasteiger partial charge on any atom is 0.196 e. The molecule has 0 amide bonds. The SMILES string of the molecule is Cc1[nH]cc(N)c1C(=O)c1ccccc1. The number of aromatic nitrogens is 1. The molecule has 0 saturated heterocycles. The second-order valence-electron chi connectivity index (χ2n) is 3.44. The van der Waals surface area contributed by atoms with Crippen molar-refractivity contribution in [1.29, 1.82) is 0 Å². The molecule has 76 valence electrons. The molecule has 3 heteroatoms. The average molecular weight is 200 g/mol. The number of hydrogen-bond donors (Lipinski definition) is 2. The van der Waals surface area contributed by atoms with E-state index in [1.54, 1.807) is 18.3 Å². The molecule has 2 aromatic rings. The molecule has 2 rings (SSSR count). The van der Waals surface area contributed by atoms with E-state index in [0.717, 1.165) is 5.69 Å². The number of nitrogen functional groups attached to an aromatic ring is 1. The van der Waals surface area contributed by atoms with Gasteiger partial charge < -0.3 is 10.7 Å². The summed E-state index contributed by atoms with van der Waals surface area (Å²) in [7, 11) is 0. The van der Waals surface area contributed by atoms with Crippen LogP contribution in [0, 0.1) is 6.92 Å². The molecule has 0 radical (unpaired) electrons. The minimum Gasteiger partial charge on any atom is -0.397 e. The van der Waals surface area contributed by atoms with Crippen LogP contribution in [0.4, 0.5) is 5.69 Å². The number of nitrogens with two attached hydrogens (primary N) is 1. The average Bonchev–Trinajstić information content (AvgIpc) is 2.59. The molecular formula is C12H12N2O. The van der Waals surface area contributed by atoms with Crippen molar-refractivity contribution in [3.63, 3.8) is 0 Å². The predicted octanol–water partition coefficient (Wildman–Crippen LogP) is 2.14. The van der Waals surface area contributed by atoms with Crippen LogP contribution in [0.5, 0.6) is 0 Å². The monoisotopic (exact) mass is 200 g/mol. The summed E-state index contributed by atoms with van der Waals surface area (Å²) in [5.74, 6) is -0.0353. The number of nitrogens with one attached hydrogen (secondary N) is 1. The van der Waals surface area contributed by atoms with E-state index in [4.69, 9.17) is 5.73 Å². The first-order valence-corrected chi connectivity index (χ1v) is 4.73. The number of H-pyrrole nitrogens is 1. The Kier molecular flexibility index (Phi) is 2.29. The van der Waals surface area contributed by atoms with Gasteiger partial charge in [-0.2, -0.15) is 0 Å². The van der Waals surface area contributed by atoms with Crippen LogP contribution in [0.15, 0.2) is 36.5 Å². The zero-order chi connectivity index (χ0) is 10.8. The Balaban J connectivity index is 2.46. The number of carbonyl (C=O) groups excluding carboxylic acids is 1. The Morgan fingerprint density at radius 1 is 1.27 bits per heavy atom. The van der Waals surface area contributed by atoms with Crippen LogP contribution in [-0.2, 0) is 0 Å². The summed E-state index contributed by atoms with van der Waals surface area (Å²) in [6, 6.07) is 9.13. The van der Waals surface area contributed by atoms with Crippen molar-refractivity contribution in [2.24, 2.45) is 0 Å². The summed E-state index contributed by atoms with van der Waals surface area (Å²) in [6.45, 7) is 1.84. The van der Waals surface area contributed by atoms with Gasteiger partial charge in [0.05, 0.1) is 11.3 Å². The molecule has 3 nitrogen and oxygen atoms in total. The number of anilines is 1. The van der Waals surface area contributed by atoms with Gasteiger partial charge in [-0.25, -0.2) is 0 Å². The van der Waals surface area contributed by atoms with Gasteiger partial charge in [0.15, 0.2) is 5.78 Å². The van der Waals surface area contributed by atoms with E-state index < -0.39 is 0 Å². The van der Waals surface area contributed by atoms with Gasteiger partial charge in [-0.1, -0.05) is 30.3 Å². The summed E-state index contributed by atoms with van der Waals surface area (Å²) in [6.07, 6.45) is 1.64. The third-order valence-electron chi connectivity index (χ3n) is 2.37. The lowest BCUT2D eigenvalue weighted by Crippen LogP contribution is -2.04. The highest BCUT2D eigenvalue weighted by atomic mass is 16.1. The van der Waals surface area contributed by atoms with Crippen LogP contribution in [0.2, 0.25) is 0 Å². The number of hydrogen-bond acceptors (Lipinski definition) is 2. The van der Waals surface area contributed by atoms with Gasteiger partial charge in [0.2, 0.25) is 0 Å². The molecule has 0 spiro atoms. The highest BCUT2D eigenvalue weighted by Crippen LogP contribution is 2.19. The van der Waals surface area contributed by atoms with Gasteiger partial charge >= 0.3 is 0 Å². The summed E-state index contributed by atoms with van der Waals surface area (Å²) < 4.78 is 0. The van der Waals surface area contributed by atoms with Crippen LogP contribution >= 0.6 is 0 Å². The molecule has 0 atom stereocenters. The largest absolute Gasteiger partial charge is 0.397 e. The van der Waals surface area contributed by atoms with Gasteiger partial charge in [-0.3, -0.25) is 4.79 Å². The zero-order valence-corrected chi connectivity index (χ0v) is 8.45. The van der Waals surface area contributed by atoms with Crippen molar-refractivity contribution in [3.8, 4) is 0 Å². The fourth-order valence-electron chi connectivity index (χ4n) is 1.58. The molecule has 0 aliphatic rings. The Hall–Kier alpha value is -2.03. The highest BCUT2D eigenvalue weighted by molar-refractivity contribution is 6.12. The van der Waals surface area contributed by atoms with Crippen molar-refractivity contribution in [1.82, 2.24) is 4.98 Å². The molecular weight excluding hydrogens is 188 g/mol. The zero-order valence-electron chi connectivity index (χ0n) is 8.45. The molecule has 15 heavy (non-hydrogen) atoms. The van der Waals surface area contributed by atoms with E-state index in [1.807, 2.05) is 25.1 Å². The van der Waals surface area contributed by atoms with Gasteiger partial charge in [0.25, 0.3) is 0 Å². The number of rotatable bonds is 2. The lowest BCUT2D eigenvalue weighted by atomic mass is 10.0. The number of aromatic amines is 1. The van der Waals surface area contributed by atoms with Gasteiger partial charge in [0.1, 0.15) is 0 Å². The lowest BCUT2D eigenvalue weighted by molar-refractivity contribution is 0.103. The Bertz CT molecular complexity index is 466. The second-order valence-corrected chi connectivity index (χ2v) is 3.44. The van der Waals surface area contributed by atoms with Gasteiger partial charge in [-0.05, 0) is 6.92 Å². The third kappa shape index (κ3) is 1.64. The summed E-state index contributed by atoms with van der Waals surface area (Å²) in [4.78, 5) is 15.0. The van der Waals surface area contributed by atoms with Crippen molar-refractivity contribution in [2.45, 2.75) is 6.92 Å². The molecule has 0 unspecified atom stereocenters. The van der Waals surface area contributed by atoms with E-state index in [1.165, 1.54) is 0 Å². The van der Waals surface area contributed by atoms with E-state index in [9.17, 15) is 4.79 Å². The first-order chi connectivity index (χ1) is 7.20. The van der Waals surface area contributed by atoms with Crippen LogP contribution in [0.1, 0.15) is 21.6 Å². The molecule has 0 aliphatic carbocycles. The normalized spacial score (nSPS) is 10.2. The Labute approximate surface area is 87.9 Å². The molecule has 0 aliphatic heterocycles. The van der Waals surface area contributed by atoms with Crippen LogP contribution < -0.4 is 5.73 Å². The first-order valence-electron chi connectivity index (χ1n) is 4.73. The third-order valence-corrected chi connectivity index (χ3v) is 2.37. The molecule has 0 fully saturated rings. The summed E-state index contributed by atoms with van der Waals surface area (Å²) in [5.41, 5.74) is 8.27. The minimum absolute atomic E-state index is 0.0353. The van der Waals surface area contributed by atoms with Crippen molar-refractivity contribution in [3.05, 3.63) is 53.3 Å². The number of benzene rings is 1. The van der Waals surface area contributed by atoms with E-state index >= 15 is 0 Å². The minimum atomic E-state index is -0.0353. The van der Waals surface area contributed by atoms with Crippen LogP contribution in [0.25, 0.3) is 0 Å². The number of ketones is 1.